The highest BCUT2D eigenvalue weighted by Gasteiger charge is 2.39. The van der Waals surface area contributed by atoms with E-state index in [2.05, 4.69) is 43.2 Å². The number of piperidine rings is 1. The molecule has 0 aromatic heterocycles. The van der Waals surface area contributed by atoms with Crippen molar-refractivity contribution >= 4 is 11.6 Å². The summed E-state index contributed by atoms with van der Waals surface area (Å²) in [5, 5.41) is 4.76. The van der Waals surface area contributed by atoms with Crippen LogP contribution in [-0.4, -0.2) is 30.1 Å². The summed E-state index contributed by atoms with van der Waals surface area (Å²) in [7, 11) is 2.30. The van der Waals surface area contributed by atoms with Crippen LogP contribution in [-0.2, 0) is 0 Å². The second-order valence-electron chi connectivity index (χ2n) is 7.16. The van der Waals surface area contributed by atoms with Gasteiger partial charge in [-0.3, -0.25) is 0 Å². The van der Waals surface area contributed by atoms with Crippen LogP contribution in [0, 0.1) is 5.92 Å². The van der Waals surface area contributed by atoms with E-state index in [0.29, 0.717) is 18.0 Å². The summed E-state index contributed by atoms with van der Waals surface area (Å²) < 4.78 is 0. The molecule has 21 heavy (non-hydrogen) atoms. The van der Waals surface area contributed by atoms with Crippen molar-refractivity contribution in [3.8, 4) is 0 Å². The monoisotopic (exact) mass is 306 g/mol. The van der Waals surface area contributed by atoms with Crippen LogP contribution in [0.15, 0.2) is 24.3 Å². The van der Waals surface area contributed by atoms with Gasteiger partial charge in [0, 0.05) is 29.2 Å². The molecule has 116 valence electrons. The molecule has 3 heteroatoms. The van der Waals surface area contributed by atoms with Crippen molar-refractivity contribution in [2.45, 2.75) is 63.7 Å². The van der Waals surface area contributed by atoms with E-state index in [1.807, 2.05) is 12.1 Å². The van der Waals surface area contributed by atoms with Crippen LogP contribution in [0.2, 0.25) is 5.02 Å². The SMILES string of the molecule is CC(C)C(NC1CC2CCC(C1)N2C)c1ccc(Cl)cc1. The Morgan fingerprint density at radius 1 is 1.10 bits per heavy atom. The van der Waals surface area contributed by atoms with Crippen molar-refractivity contribution < 1.29 is 0 Å². The number of fused-ring (bicyclic) bond motifs is 2. The molecule has 2 heterocycles. The Balaban J connectivity index is 1.70. The van der Waals surface area contributed by atoms with Crippen molar-refractivity contribution in [2.75, 3.05) is 7.05 Å². The topological polar surface area (TPSA) is 15.3 Å². The Morgan fingerprint density at radius 3 is 2.19 bits per heavy atom. The number of hydrogen-bond donors (Lipinski definition) is 1. The van der Waals surface area contributed by atoms with Crippen LogP contribution >= 0.6 is 11.6 Å². The third-order valence-corrected chi connectivity index (χ3v) is 5.66. The Labute approximate surface area is 133 Å². The lowest BCUT2D eigenvalue weighted by Crippen LogP contribution is -2.48. The molecular formula is C18H27ClN2. The maximum Gasteiger partial charge on any atom is 0.0406 e. The summed E-state index contributed by atoms with van der Waals surface area (Å²) in [5.74, 6) is 0.587. The molecule has 0 aliphatic carbocycles. The second-order valence-corrected chi connectivity index (χ2v) is 7.60. The van der Waals surface area contributed by atoms with Gasteiger partial charge in [0.05, 0.1) is 0 Å². The van der Waals surface area contributed by atoms with Gasteiger partial charge in [0.1, 0.15) is 0 Å². The first-order chi connectivity index (χ1) is 10.0. The Morgan fingerprint density at radius 2 is 1.67 bits per heavy atom. The van der Waals surface area contributed by atoms with Crippen LogP contribution < -0.4 is 5.32 Å². The molecule has 1 N–H and O–H groups in total. The fraction of sp³-hybridized carbons (Fsp3) is 0.667. The number of benzene rings is 1. The van der Waals surface area contributed by atoms with Crippen molar-refractivity contribution in [2.24, 2.45) is 5.92 Å². The molecular weight excluding hydrogens is 280 g/mol. The highest BCUT2D eigenvalue weighted by molar-refractivity contribution is 6.30. The average molecular weight is 307 g/mol. The van der Waals surface area contributed by atoms with Crippen molar-refractivity contribution in [3.05, 3.63) is 34.9 Å². The normalized spacial score (nSPS) is 30.8. The molecule has 2 saturated heterocycles. The summed E-state index contributed by atoms with van der Waals surface area (Å²) in [6, 6.07) is 11.0. The van der Waals surface area contributed by atoms with Gasteiger partial charge in [0.15, 0.2) is 0 Å². The summed E-state index contributed by atoms with van der Waals surface area (Å²) >= 11 is 6.02. The van der Waals surface area contributed by atoms with Gasteiger partial charge in [-0.2, -0.15) is 0 Å². The number of halogens is 1. The minimum Gasteiger partial charge on any atom is -0.307 e. The fourth-order valence-corrected chi connectivity index (χ4v) is 4.27. The molecule has 3 rings (SSSR count). The maximum atomic E-state index is 6.02. The van der Waals surface area contributed by atoms with E-state index in [-0.39, 0.29) is 0 Å². The van der Waals surface area contributed by atoms with Gasteiger partial charge in [-0.15, -0.1) is 0 Å². The molecule has 0 amide bonds. The van der Waals surface area contributed by atoms with Gasteiger partial charge in [-0.25, -0.2) is 0 Å². The van der Waals surface area contributed by atoms with Gasteiger partial charge in [-0.1, -0.05) is 37.6 Å². The standard InChI is InChI=1S/C18H27ClN2/c1-12(2)18(13-4-6-14(19)7-5-13)20-15-10-16-8-9-17(11-15)21(16)3/h4-7,12,15-18,20H,8-11H2,1-3H3. The van der Waals surface area contributed by atoms with Gasteiger partial charge in [0.2, 0.25) is 0 Å². The molecule has 1 aromatic rings. The van der Waals surface area contributed by atoms with E-state index in [4.69, 9.17) is 11.6 Å². The lowest BCUT2D eigenvalue weighted by molar-refractivity contribution is 0.138. The number of nitrogens with zero attached hydrogens (tertiary/aromatic N) is 1. The van der Waals surface area contributed by atoms with E-state index < -0.39 is 0 Å². The van der Waals surface area contributed by atoms with Crippen LogP contribution in [0.1, 0.15) is 51.1 Å². The lowest BCUT2D eigenvalue weighted by Gasteiger charge is -2.39. The zero-order chi connectivity index (χ0) is 15.0. The molecule has 0 spiro atoms. The predicted molar refractivity (Wildman–Crippen MR) is 89.8 cm³/mol. The highest BCUT2D eigenvalue weighted by Crippen LogP contribution is 2.35. The molecule has 2 nitrogen and oxygen atoms in total. The summed E-state index contributed by atoms with van der Waals surface area (Å²) in [5.41, 5.74) is 1.36. The molecule has 2 fully saturated rings. The Bertz CT molecular complexity index is 457. The summed E-state index contributed by atoms with van der Waals surface area (Å²) in [6.07, 6.45) is 5.35. The number of nitrogens with one attached hydrogen (secondary N) is 1. The fourth-order valence-electron chi connectivity index (χ4n) is 4.15. The first kappa shape index (κ1) is 15.3. The lowest BCUT2D eigenvalue weighted by atomic mass is 9.91. The molecule has 3 atom stereocenters. The van der Waals surface area contributed by atoms with E-state index in [0.717, 1.165) is 17.1 Å². The van der Waals surface area contributed by atoms with Gasteiger partial charge < -0.3 is 10.2 Å². The second kappa shape index (κ2) is 6.28. The summed E-state index contributed by atoms with van der Waals surface area (Å²) in [4.78, 5) is 2.60. The third-order valence-electron chi connectivity index (χ3n) is 5.41. The van der Waals surface area contributed by atoms with Gasteiger partial charge in [0.25, 0.3) is 0 Å². The van der Waals surface area contributed by atoms with Crippen LogP contribution in [0.4, 0.5) is 0 Å². The zero-order valence-electron chi connectivity index (χ0n) is 13.3. The van der Waals surface area contributed by atoms with E-state index in [1.165, 1.54) is 31.2 Å². The van der Waals surface area contributed by atoms with Crippen LogP contribution in [0.25, 0.3) is 0 Å². The largest absolute Gasteiger partial charge is 0.307 e. The zero-order valence-corrected chi connectivity index (χ0v) is 14.1. The molecule has 0 saturated carbocycles. The van der Waals surface area contributed by atoms with E-state index >= 15 is 0 Å². The quantitative estimate of drug-likeness (QED) is 0.894. The molecule has 3 unspecified atom stereocenters. The van der Waals surface area contributed by atoms with E-state index in [1.54, 1.807) is 0 Å². The molecule has 2 aliphatic rings. The van der Waals surface area contributed by atoms with Crippen LogP contribution in [0.5, 0.6) is 0 Å². The molecule has 2 bridgehead atoms. The minimum atomic E-state index is 0.426. The predicted octanol–water partition coefficient (Wildman–Crippen LogP) is 4.25. The Kier molecular flexibility index (Phi) is 4.58. The van der Waals surface area contributed by atoms with Gasteiger partial charge in [-0.05, 0) is 56.3 Å². The highest BCUT2D eigenvalue weighted by atomic mass is 35.5. The number of rotatable bonds is 4. The molecule has 1 aromatic carbocycles. The van der Waals surface area contributed by atoms with E-state index in [9.17, 15) is 0 Å². The minimum absolute atomic E-state index is 0.426. The average Bonchev–Trinajstić information content (AvgIpc) is 2.68. The molecule has 0 radical (unpaired) electrons. The van der Waals surface area contributed by atoms with Crippen molar-refractivity contribution in [1.29, 1.82) is 0 Å². The third kappa shape index (κ3) is 3.28. The number of hydrogen-bond acceptors (Lipinski definition) is 2. The van der Waals surface area contributed by atoms with Gasteiger partial charge >= 0.3 is 0 Å². The van der Waals surface area contributed by atoms with Crippen molar-refractivity contribution in [1.82, 2.24) is 10.2 Å². The van der Waals surface area contributed by atoms with Crippen LogP contribution in [0.3, 0.4) is 0 Å². The van der Waals surface area contributed by atoms with Crippen molar-refractivity contribution in [3.63, 3.8) is 0 Å². The maximum absolute atomic E-state index is 6.02. The Hall–Kier alpha value is -0.570. The first-order valence-corrected chi connectivity index (χ1v) is 8.66. The summed E-state index contributed by atoms with van der Waals surface area (Å²) in [6.45, 7) is 4.60. The smallest absolute Gasteiger partial charge is 0.0406 e. The first-order valence-electron chi connectivity index (χ1n) is 8.28. The molecule has 2 aliphatic heterocycles.